The molecule has 34 heavy (non-hydrogen) atoms. The number of ether oxygens (including phenoxy) is 2. The van der Waals surface area contributed by atoms with E-state index in [0.717, 1.165) is 0 Å². The van der Waals surface area contributed by atoms with Crippen LogP contribution < -0.4 is 15.4 Å². The minimum atomic E-state index is -1.16. The van der Waals surface area contributed by atoms with Gasteiger partial charge < -0.3 is 30.1 Å². The maximum absolute atomic E-state index is 13.9. The Balaban J connectivity index is 1.75. The lowest BCUT2D eigenvalue weighted by Crippen LogP contribution is -2.56. The summed E-state index contributed by atoms with van der Waals surface area (Å²) in [5.74, 6) is -1.67. The number of alkyl halides is 1. The van der Waals surface area contributed by atoms with Crippen molar-refractivity contribution in [1.82, 2.24) is 10.2 Å². The lowest BCUT2D eigenvalue weighted by molar-refractivity contribution is -0.144. The van der Waals surface area contributed by atoms with Gasteiger partial charge in [-0.05, 0) is 43.0 Å². The Morgan fingerprint density at radius 2 is 1.97 bits per heavy atom. The molecule has 186 valence electrons. The van der Waals surface area contributed by atoms with Crippen molar-refractivity contribution in [3.8, 4) is 5.75 Å². The molecule has 9 nitrogen and oxygen atoms in total. The monoisotopic (exact) mass is 537 g/mol. The maximum Gasteiger partial charge on any atom is 0.250 e. The molecule has 3 saturated heterocycles. The highest BCUT2D eigenvalue weighted by atomic mass is 79.9. The number of methoxy groups -OCH3 is 1. The summed E-state index contributed by atoms with van der Waals surface area (Å²) in [6, 6.07) is 5.36. The summed E-state index contributed by atoms with van der Waals surface area (Å²) in [5.41, 5.74) is -0.609. The fourth-order valence-electron chi connectivity index (χ4n) is 5.93. The molecule has 2 bridgehead atoms. The first-order chi connectivity index (χ1) is 16.2. The minimum Gasteiger partial charge on any atom is -0.497 e. The van der Waals surface area contributed by atoms with Gasteiger partial charge in [0.15, 0.2) is 0 Å². The highest BCUT2D eigenvalue weighted by Gasteiger charge is 2.76. The number of hydrogen-bond acceptors (Lipinski definition) is 6. The van der Waals surface area contributed by atoms with E-state index in [1.165, 1.54) is 11.9 Å². The van der Waals surface area contributed by atoms with Gasteiger partial charge in [-0.3, -0.25) is 14.4 Å². The van der Waals surface area contributed by atoms with Gasteiger partial charge in [-0.25, -0.2) is 0 Å². The number of carbonyl (C=O) groups is 3. The second kappa shape index (κ2) is 9.47. The molecule has 3 aliphatic rings. The number of carbonyl (C=O) groups excluding carboxylic acids is 3. The summed E-state index contributed by atoms with van der Waals surface area (Å²) >= 11 is 3.63. The van der Waals surface area contributed by atoms with E-state index >= 15 is 0 Å². The van der Waals surface area contributed by atoms with Crippen LogP contribution in [-0.2, 0) is 19.1 Å². The van der Waals surface area contributed by atoms with Crippen molar-refractivity contribution in [2.24, 2.45) is 17.8 Å². The summed E-state index contributed by atoms with van der Waals surface area (Å²) in [6.45, 7) is 3.71. The van der Waals surface area contributed by atoms with Crippen molar-refractivity contribution in [2.45, 2.75) is 55.3 Å². The van der Waals surface area contributed by atoms with E-state index in [2.05, 4.69) is 26.6 Å². The van der Waals surface area contributed by atoms with E-state index < -0.39 is 41.5 Å². The summed E-state index contributed by atoms with van der Waals surface area (Å²) in [5, 5.41) is 15.8. The standard InChI is InChI=1S/C24H32BrN3O6/c1-12(2)9-14(11-29)28-20(22(31)27-13-5-7-15(33-4)8-6-13)24-10-16(25)19(34-24)17(21(30)26-3)18(24)23(28)32/h5-8,12,14,16-20,29H,9-11H2,1-4H3,(H,26,30)(H,27,31)/t14-,16?,17-,18+,19-,20?,24?/m1/s1. The summed E-state index contributed by atoms with van der Waals surface area (Å²) in [7, 11) is 3.09. The van der Waals surface area contributed by atoms with Crippen LogP contribution in [0.25, 0.3) is 0 Å². The Labute approximate surface area is 207 Å². The number of rotatable bonds is 8. The molecule has 7 atom stereocenters. The van der Waals surface area contributed by atoms with Crippen LogP contribution in [0.3, 0.4) is 0 Å². The van der Waals surface area contributed by atoms with Gasteiger partial charge in [0, 0.05) is 17.6 Å². The van der Waals surface area contributed by atoms with Crippen LogP contribution in [0, 0.1) is 17.8 Å². The summed E-state index contributed by atoms with van der Waals surface area (Å²) in [4.78, 5) is 41.8. The van der Waals surface area contributed by atoms with Gasteiger partial charge in [0.2, 0.25) is 17.7 Å². The number of amides is 3. The molecule has 10 heteroatoms. The molecule has 1 aromatic carbocycles. The summed E-state index contributed by atoms with van der Waals surface area (Å²) < 4.78 is 11.6. The van der Waals surface area contributed by atoms with Gasteiger partial charge in [0.25, 0.3) is 0 Å². The number of aliphatic hydroxyl groups is 1. The molecule has 0 saturated carbocycles. The van der Waals surface area contributed by atoms with Crippen LogP contribution >= 0.6 is 15.9 Å². The predicted molar refractivity (Wildman–Crippen MR) is 129 cm³/mol. The lowest BCUT2D eigenvalue weighted by Gasteiger charge is -2.37. The maximum atomic E-state index is 13.9. The molecular weight excluding hydrogens is 506 g/mol. The largest absolute Gasteiger partial charge is 0.497 e. The number of hydrogen-bond donors (Lipinski definition) is 3. The first-order valence-electron chi connectivity index (χ1n) is 11.6. The quantitative estimate of drug-likeness (QED) is 0.433. The van der Waals surface area contributed by atoms with Crippen LogP contribution in [0.4, 0.5) is 5.69 Å². The Morgan fingerprint density at radius 3 is 2.53 bits per heavy atom. The van der Waals surface area contributed by atoms with Gasteiger partial charge in [-0.1, -0.05) is 29.8 Å². The minimum absolute atomic E-state index is 0.173. The third kappa shape index (κ3) is 3.89. The van der Waals surface area contributed by atoms with E-state index in [-0.39, 0.29) is 29.2 Å². The Kier molecular flexibility index (Phi) is 6.94. The molecule has 3 heterocycles. The second-order valence-corrected chi connectivity index (χ2v) is 10.9. The number of nitrogens with zero attached hydrogens (tertiary/aromatic N) is 1. The van der Waals surface area contributed by atoms with Crippen molar-refractivity contribution < 1.29 is 29.0 Å². The van der Waals surface area contributed by atoms with Gasteiger partial charge >= 0.3 is 0 Å². The highest BCUT2D eigenvalue weighted by molar-refractivity contribution is 9.09. The average molecular weight is 538 g/mol. The molecule has 0 radical (unpaired) electrons. The van der Waals surface area contributed by atoms with E-state index in [9.17, 15) is 19.5 Å². The van der Waals surface area contributed by atoms with Gasteiger partial charge in [0.1, 0.15) is 17.4 Å². The first-order valence-corrected chi connectivity index (χ1v) is 12.5. The lowest BCUT2D eigenvalue weighted by atomic mass is 9.70. The molecule has 3 aliphatic heterocycles. The Bertz CT molecular complexity index is 957. The van der Waals surface area contributed by atoms with Crippen molar-refractivity contribution in [3.63, 3.8) is 0 Å². The van der Waals surface area contributed by atoms with Gasteiger partial charge in [-0.2, -0.15) is 0 Å². The van der Waals surface area contributed by atoms with Crippen LogP contribution in [0.15, 0.2) is 24.3 Å². The zero-order chi connectivity index (χ0) is 24.8. The van der Waals surface area contributed by atoms with E-state index in [1.54, 1.807) is 31.4 Å². The van der Waals surface area contributed by atoms with Crippen molar-refractivity contribution >= 4 is 39.3 Å². The molecule has 3 N–H and O–H groups in total. The molecule has 1 aromatic rings. The Hall–Kier alpha value is -2.17. The van der Waals surface area contributed by atoms with Crippen LogP contribution in [0.5, 0.6) is 5.75 Å². The zero-order valence-electron chi connectivity index (χ0n) is 19.8. The van der Waals surface area contributed by atoms with E-state index in [0.29, 0.717) is 24.3 Å². The van der Waals surface area contributed by atoms with Crippen LogP contribution in [0.1, 0.15) is 26.7 Å². The number of likely N-dealkylation sites (tertiary alicyclic amines) is 1. The summed E-state index contributed by atoms with van der Waals surface area (Å²) in [6.07, 6.45) is 0.423. The number of fused-ring (bicyclic) bond motifs is 1. The predicted octanol–water partition coefficient (Wildman–Crippen LogP) is 1.53. The molecule has 0 aliphatic carbocycles. The number of nitrogens with one attached hydrogen (secondary N) is 2. The van der Waals surface area contributed by atoms with Gasteiger partial charge in [0.05, 0.1) is 37.7 Å². The first kappa shape index (κ1) is 24.9. The Morgan fingerprint density at radius 1 is 1.29 bits per heavy atom. The van der Waals surface area contributed by atoms with E-state index in [1.807, 2.05) is 13.8 Å². The molecular formula is C24H32BrN3O6. The number of aliphatic hydroxyl groups excluding tert-OH is 1. The number of benzene rings is 1. The smallest absolute Gasteiger partial charge is 0.250 e. The topological polar surface area (TPSA) is 117 Å². The molecule has 3 amide bonds. The normalized spacial score (nSPS) is 32.6. The second-order valence-electron chi connectivity index (χ2n) is 9.71. The van der Waals surface area contributed by atoms with E-state index in [4.69, 9.17) is 9.47 Å². The fourth-order valence-corrected chi connectivity index (χ4v) is 6.87. The third-order valence-corrected chi connectivity index (χ3v) is 8.07. The van der Waals surface area contributed by atoms with Crippen molar-refractivity contribution in [3.05, 3.63) is 24.3 Å². The molecule has 3 unspecified atom stereocenters. The zero-order valence-corrected chi connectivity index (χ0v) is 21.4. The fraction of sp³-hybridized carbons (Fsp3) is 0.625. The van der Waals surface area contributed by atoms with Crippen molar-refractivity contribution in [1.29, 1.82) is 0 Å². The number of anilines is 1. The molecule has 0 aromatic heterocycles. The molecule has 3 fully saturated rings. The average Bonchev–Trinajstić information content (AvgIpc) is 3.40. The third-order valence-electron chi connectivity index (χ3n) is 7.23. The SMILES string of the molecule is CNC(=O)[C@H]1[C@@H]2OC3(CC2Br)C(C(=O)Nc2ccc(OC)cc2)N([C@@H](CO)CC(C)C)C(=O)[C@H]13. The van der Waals surface area contributed by atoms with Crippen LogP contribution in [0.2, 0.25) is 0 Å². The molecule has 1 spiro atoms. The van der Waals surface area contributed by atoms with Gasteiger partial charge in [-0.15, -0.1) is 0 Å². The molecule has 4 rings (SSSR count). The van der Waals surface area contributed by atoms with Crippen molar-refractivity contribution in [2.75, 3.05) is 26.1 Å². The van der Waals surface area contributed by atoms with Crippen LogP contribution in [-0.4, -0.2) is 77.1 Å². The number of halogens is 1. The highest BCUT2D eigenvalue weighted by Crippen LogP contribution is 2.60.